The van der Waals surface area contributed by atoms with Gasteiger partial charge in [-0.15, -0.1) is 0 Å². The number of aromatic nitrogens is 5. The molecule has 0 aliphatic heterocycles. The van der Waals surface area contributed by atoms with Gasteiger partial charge in [-0.2, -0.15) is 4.98 Å². The first-order valence-corrected chi connectivity index (χ1v) is 10.0. The number of imidazole rings is 2. The van der Waals surface area contributed by atoms with Crippen LogP contribution in [0.2, 0.25) is 0 Å². The van der Waals surface area contributed by atoms with Gasteiger partial charge in [0.1, 0.15) is 0 Å². The Balaban J connectivity index is 1.94. The van der Waals surface area contributed by atoms with E-state index in [-0.39, 0.29) is 11.2 Å². The Labute approximate surface area is 168 Å². The van der Waals surface area contributed by atoms with Crippen molar-refractivity contribution < 1.29 is 0 Å². The van der Waals surface area contributed by atoms with Crippen molar-refractivity contribution in [2.45, 2.75) is 47.2 Å². The van der Waals surface area contributed by atoms with E-state index in [0.29, 0.717) is 30.0 Å². The van der Waals surface area contributed by atoms with Gasteiger partial charge in [0, 0.05) is 31.5 Å². The topological polar surface area (TPSA) is 66.2 Å². The van der Waals surface area contributed by atoms with Crippen LogP contribution in [0.15, 0.2) is 39.9 Å². The van der Waals surface area contributed by atoms with Crippen molar-refractivity contribution in [3.8, 4) is 0 Å². The highest BCUT2D eigenvalue weighted by Crippen LogP contribution is 2.21. The third-order valence-corrected chi connectivity index (χ3v) is 5.64. The van der Waals surface area contributed by atoms with Crippen LogP contribution in [-0.2, 0) is 26.6 Å². The van der Waals surface area contributed by atoms with Gasteiger partial charge in [0.15, 0.2) is 11.2 Å². The molecule has 0 fully saturated rings. The maximum absolute atomic E-state index is 13.4. The maximum atomic E-state index is 13.4. The van der Waals surface area contributed by atoms with Crippen molar-refractivity contribution in [2.75, 3.05) is 0 Å². The van der Waals surface area contributed by atoms with Crippen molar-refractivity contribution in [3.05, 3.63) is 68.1 Å². The smallest absolute Gasteiger partial charge is 0.314 e. The van der Waals surface area contributed by atoms with Crippen LogP contribution < -0.4 is 11.2 Å². The normalized spacial score (nSPS) is 11.9. The summed E-state index contributed by atoms with van der Waals surface area (Å²) in [4.78, 5) is 31.0. The maximum Gasteiger partial charge on any atom is 0.332 e. The SMILES string of the molecule is Cc1c(C)n2c3c(=O)n(CCc4ccccc4)c(=O)n(C)c3nc2n1CC(C)C. The average Bonchev–Trinajstić information content (AvgIpc) is 3.19. The summed E-state index contributed by atoms with van der Waals surface area (Å²) < 4.78 is 6.87. The van der Waals surface area contributed by atoms with E-state index in [1.54, 1.807) is 7.05 Å². The van der Waals surface area contributed by atoms with Crippen molar-refractivity contribution in [2.24, 2.45) is 13.0 Å². The Hall–Kier alpha value is -3.09. The predicted octanol–water partition coefficient (Wildman–Crippen LogP) is 2.66. The fourth-order valence-electron chi connectivity index (χ4n) is 3.98. The molecule has 7 heteroatoms. The van der Waals surface area contributed by atoms with E-state index >= 15 is 0 Å². The Kier molecular flexibility index (Phi) is 4.68. The van der Waals surface area contributed by atoms with E-state index < -0.39 is 0 Å². The fraction of sp³-hybridized carbons (Fsp3) is 0.409. The largest absolute Gasteiger partial charge is 0.332 e. The minimum absolute atomic E-state index is 0.281. The van der Waals surface area contributed by atoms with E-state index in [1.165, 1.54) is 9.13 Å². The van der Waals surface area contributed by atoms with Crippen molar-refractivity contribution in [3.63, 3.8) is 0 Å². The highest BCUT2D eigenvalue weighted by atomic mass is 16.2. The molecule has 4 rings (SSSR count). The molecule has 3 heterocycles. The van der Waals surface area contributed by atoms with Crippen LogP contribution in [-0.4, -0.2) is 23.1 Å². The molecule has 3 aromatic heterocycles. The van der Waals surface area contributed by atoms with Gasteiger partial charge in [0.2, 0.25) is 5.78 Å². The zero-order chi connectivity index (χ0) is 20.9. The quantitative estimate of drug-likeness (QED) is 0.524. The summed E-state index contributed by atoms with van der Waals surface area (Å²) in [6.07, 6.45) is 0.621. The lowest BCUT2D eigenvalue weighted by Gasteiger charge is -2.09. The number of hydrogen-bond acceptors (Lipinski definition) is 3. The number of rotatable bonds is 5. The predicted molar refractivity (Wildman–Crippen MR) is 115 cm³/mol. The summed E-state index contributed by atoms with van der Waals surface area (Å²) in [6.45, 7) is 9.50. The summed E-state index contributed by atoms with van der Waals surface area (Å²) in [5.41, 5.74) is 3.46. The molecule has 1 aromatic carbocycles. The molecule has 0 bridgehead atoms. The molecule has 0 N–H and O–H groups in total. The molecule has 0 radical (unpaired) electrons. The first-order chi connectivity index (χ1) is 13.8. The molecule has 7 nitrogen and oxygen atoms in total. The lowest BCUT2D eigenvalue weighted by Crippen LogP contribution is -2.39. The van der Waals surface area contributed by atoms with Gasteiger partial charge in [-0.3, -0.25) is 18.3 Å². The Morgan fingerprint density at radius 1 is 1.00 bits per heavy atom. The van der Waals surface area contributed by atoms with Crippen LogP contribution in [0.1, 0.15) is 30.8 Å². The molecule has 0 aliphatic rings. The molecule has 0 aliphatic carbocycles. The van der Waals surface area contributed by atoms with Gasteiger partial charge in [-0.1, -0.05) is 44.2 Å². The monoisotopic (exact) mass is 393 g/mol. The van der Waals surface area contributed by atoms with Gasteiger partial charge in [0.05, 0.1) is 0 Å². The molecule has 0 saturated heterocycles. The average molecular weight is 393 g/mol. The van der Waals surface area contributed by atoms with Crippen molar-refractivity contribution in [1.82, 2.24) is 23.1 Å². The molecular formula is C22H27N5O2. The summed E-state index contributed by atoms with van der Waals surface area (Å²) >= 11 is 0. The summed E-state index contributed by atoms with van der Waals surface area (Å²) in [7, 11) is 1.69. The molecule has 152 valence electrons. The van der Waals surface area contributed by atoms with E-state index in [9.17, 15) is 9.59 Å². The van der Waals surface area contributed by atoms with Gasteiger partial charge >= 0.3 is 5.69 Å². The molecule has 0 saturated carbocycles. The lowest BCUT2D eigenvalue weighted by molar-refractivity contribution is 0.524. The van der Waals surface area contributed by atoms with Crippen LogP contribution in [0.4, 0.5) is 0 Å². The number of benzene rings is 1. The number of aryl methyl sites for hydroxylation is 3. The van der Waals surface area contributed by atoms with Crippen LogP contribution in [0, 0.1) is 19.8 Å². The summed E-state index contributed by atoms with van der Waals surface area (Å²) in [6, 6.07) is 9.89. The van der Waals surface area contributed by atoms with Gasteiger partial charge in [0.25, 0.3) is 5.56 Å². The van der Waals surface area contributed by atoms with Crippen LogP contribution in [0.5, 0.6) is 0 Å². The molecule has 0 unspecified atom stereocenters. The molecule has 0 amide bonds. The van der Waals surface area contributed by atoms with E-state index in [1.807, 2.05) is 48.6 Å². The van der Waals surface area contributed by atoms with Gasteiger partial charge in [-0.25, -0.2) is 4.79 Å². The molecule has 0 spiro atoms. The minimum Gasteiger partial charge on any atom is -0.314 e. The fourth-order valence-corrected chi connectivity index (χ4v) is 3.98. The van der Waals surface area contributed by atoms with Gasteiger partial charge < -0.3 is 4.57 Å². The Morgan fingerprint density at radius 2 is 1.69 bits per heavy atom. The molecular weight excluding hydrogens is 366 g/mol. The highest BCUT2D eigenvalue weighted by molar-refractivity contribution is 5.76. The first kappa shape index (κ1) is 19.2. The van der Waals surface area contributed by atoms with Crippen LogP contribution in [0.25, 0.3) is 16.9 Å². The Morgan fingerprint density at radius 3 is 2.34 bits per heavy atom. The second-order valence-corrected chi connectivity index (χ2v) is 8.13. The number of hydrogen-bond donors (Lipinski definition) is 0. The zero-order valence-electron chi connectivity index (χ0n) is 17.6. The van der Waals surface area contributed by atoms with E-state index in [4.69, 9.17) is 4.98 Å². The highest BCUT2D eigenvalue weighted by Gasteiger charge is 2.22. The zero-order valence-corrected chi connectivity index (χ0v) is 17.6. The van der Waals surface area contributed by atoms with Crippen molar-refractivity contribution >= 4 is 16.9 Å². The number of fused-ring (bicyclic) bond motifs is 3. The molecule has 4 aromatic rings. The number of nitrogens with zero attached hydrogens (tertiary/aromatic N) is 5. The summed E-state index contributed by atoms with van der Waals surface area (Å²) in [5.74, 6) is 1.16. The van der Waals surface area contributed by atoms with Gasteiger partial charge in [-0.05, 0) is 31.7 Å². The second kappa shape index (κ2) is 7.06. The molecule has 29 heavy (non-hydrogen) atoms. The minimum atomic E-state index is -0.330. The summed E-state index contributed by atoms with van der Waals surface area (Å²) in [5, 5.41) is 0. The van der Waals surface area contributed by atoms with Crippen molar-refractivity contribution in [1.29, 1.82) is 0 Å². The standard InChI is InChI=1S/C22H27N5O2/c1-14(2)13-26-15(3)16(4)27-18-19(23-21(26)27)24(5)22(29)25(20(18)28)12-11-17-9-7-6-8-10-17/h6-10,14H,11-13H2,1-5H3. The van der Waals surface area contributed by atoms with Crippen LogP contribution in [0.3, 0.4) is 0 Å². The lowest BCUT2D eigenvalue weighted by atomic mass is 10.1. The van der Waals surface area contributed by atoms with E-state index in [2.05, 4.69) is 18.4 Å². The molecule has 0 atom stereocenters. The third kappa shape index (κ3) is 3.01. The Bertz CT molecular complexity index is 1320. The van der Waals surface area contributed by atoms with Crippen LogP contribution >= 0.6 is 0 Å². The third-order valence-electron chi connectivity index (χ3n) is 5.64. The second-order valence-electron chi connectivity index (χ2n) is 8.13. The first-order valence-electron chi connectivity index (χ1n) is 10.0. The van der Waals surface area contributed by atoms with E-state index in [0.717, 1.165) is 29.3 Å².